The standard InChI is InChI=1S/C32H28FNO5S/c1-21-28(34-30(38-21)24-9-7-23(8-10-24)29-4-3-19-40-29)17-18-37-26-13-5-22(6-14-26)20-32(2,31(35)36)39-27-15-11-25(33)12-16-27/h3-16,19H,17-18,20H2,1-2H3,(H,35,36). The van der Waals surface area contributed by atoms with Crippen molar-refractivity contribution < 1.29 is 28.2 Å². The molecule has 2 heterocycles. The Kier molecular flexibility index (Phi) is 7.98. The van der Waals surface area contributed by atoms with Gasteiger partial charge in [0, 0.05) is 23.3 Å². The molecular weight excluding hydrogens is 529 g/mol. The molecule has 0 fully saturated rings. The van der Waals surface area contributed by atoms with Gasteiger partial charge in [-0.2, -0.15) is 0 Å². The number of nitrogens with zero attached hydrogens (tertiary/aromatic N) is 1. The predicted octanol–water partition coefficient (Wildman–Crippen LogP) is 7.60. The molecule has 204 valence electrons. The Balaban J connectivity index is 1.16. The summed E-state index contributed by atoms with van der Waals surface area (Å²) < 4.78 is 30.8. The molecule has 0 aliphatic heterocycles. The minimum absolute atomic E-state index is 0.120. The number of hydrogen-bond acceptors (Lipinski definition) is 6. The van der Waals surface area contributed by atoms with E-state index in [0.29, 0.717) is 24.7 Å². The summed E-state index contributed by atoms with van der Waals surface area (Å²) in [7, 11) is 0. The molecule has 0 amide bonds. The maximum atomic E-state index is 13.2. The van der Waals surface area contributed by atoms with Crippen LogP contribution in [0.25, 0.3) is 21.9 Å². The first-order chi connectivity index (χ1) is 19.3. The van der Waals surface area contributed by atoms with E-state index >= 15 is 0 Å². The first kappa shape index (κ1) is 27.1. The quantitative estimate of drug-likeness (QED) is 0.180. The SMILES string of the molecule is Cc1oc(-c2ccc(-c3cccs3)cc2)nc1CCOc1ccc(CC(C)(Oc2ccc(F)cc2)C(=O)O)cc1. The Bertz CT molecular complexity index is 1560. The molecule has 1 unspecified atom stereocenters. The van der Waals surface area contributed by atoms with Gasteiger partial charge in [0.15, 0.2) is 0 Å². The van der Waals surface area contributed by atoms with E-state index in [9.17, 15) is 14.3 Å². The third-order valence-electron chi connectivity index (χ3n) is 6.51. The summed E-state index contributed by atoms with van der Waals surface area (Å²) in [5.41, 5.74) is 2.16. The molecule has 1 N–H and O–H groups in total. The van der Waals surface area contributed by atoms with Crippen molar-refractivity contribution in [2.24, 2.45) is 0 Å². The van der Waals surface area contributed by atoms with E-state index in [0.717, 1.165) is 28.1 Å². The van der Waals surface area contributed by atoms with Crippen molar-refractivity contribution in [1.29, 1.82) is 0 Å². The fraction of sp³-hybridized carbons (Fsp3) is 0.188. The Labute approximate surface area is 235 Å². The Morgan fingerprint density at radius 3 is 2.30 bits per heavy atom. The van der Waals surface area contributed by atoms with Crippen LogP contribution < -0.4 is 9.47 Å². The van der Waals surface area contributed by atoms with Crippen LogP contribution in [-0.4, -0.2) is 28.3 Å². The number of oxazole rings is 1. The third kappa shape index (κ3) is 6.40. The first-order valence-corrected chi connectivity index (χ1v) is 13.7. The van der Waals surface area contributed by atoms with Gasteiger partial charge in [-0.15, -0.1) is 11.3 Å². The van der Waals surface area contributed by atoms with E-state index in [1.807, 2.05) is 37.3 Å². The highest BCUT2D eigenvalue weighted by molar-refractivity contribution is 7.13. The van der Waals surface area contributed by atoms with Gasteiger partial charge in [0.2, 0.25) is 11.5 Å². The summed E-state index contributed by atoms with van der Waals surface area (Å²) in [6, 6.07) is 24.8. The zero-order valence-electron chi connectivity index (χ0n) is 22.1. The van der Waals surface area contributed by atoms with Crippen LogP contribution in [0, 0.1) is 12.7 Å². The van der Waals surface area contributed by atoms with Crippen molar-refractivity contribution >= 4 is 17.3 Å². The number of benzene rings is 3. The molecule has 3 aromatic carbocycles. The summed E-state index contributed by atoms with van der Waals surface area (Å²) in [4.78, 5) is 17.9. The smallest absolute Gasteiger partial charge is 0.348 e. The van der Waals surface area contributed by atoms with Crippen molar-refractivity contribution in [1.82, 2.24) is 4.98 Å². The lowest BCUT2D eigenvalue weighted by Crippen LogP contribution is -2.43. The Hall–Kier alpha value is -4.43. The maximum absolute atomic E-state index is 13.2. The molecule has 2 aromatic heterocycles. The van der Waals surface area contributed by atoms with Crippen LogP contribution >= 0.6 is 11.3 Å². The summed E-state index contributed by atoms with van der Waals surface area (Å²) in [6.45, 7) is 3.80. The lowest BCUT2D eigenvalue weighted by molar-refractivity contribution is -0.153. The van der Waals surface area contributed by atoms with Gasteiger partial charge in [0.1, 0.15) is 23.1 Å². The minimum atomic E-state index is -1.52. The molecule has 40 heavy (non-hydrogen) atoms. The Morgan fingerprint density at radius 2 is 1.65 bits per heavy atom. The van der Waals surface area contributed by atoms with Crippen LogP contribution in [-0.2, 0) is 17.6 Å². The lowest BCUT2D eigenvalue weighted by atomic mass is 9.96. The molecule has 0 radical (unpaired) electrons. The molecule has 0 spiro atoms. The van der Waals surface area contributed by atoms with E-state index in [-0.39, 0.29) is 12.2 Å². The number of aromatic nitrogens is 1. The highest BCUT2D eigenvalue weighted by Crippen LogP contribution is 2.29. The summed E-state index contributed by atoms with van der Waals surface area (Å²) in [6.07, 6.45) is 0.697. The van der Waals surface area contributed by atoms with Crippen LogP contribution in [0.4, 0.5) is 4.39 Å². The van der Waals surface area contributed by atoms with Gasteiger partial charge in [-0.3, -0.25) is 0 Å². The molecule has 5 rings (SSSR count). The van der Waals surface area contributed by atoms with E-state index in [2.05, 4.69) is 28.6 Å². The number of aliphatic carboxylic acids is 1. The average molecular weight is 558 g/mol. The number of rotatable bonds is 11. The van der Waals surface area contributed by atoms with Crippen LogP contribution in [0.3, 0.4) is 0 Å². The van der Waals surface area contributed by atoms with Gasteiger partial charge in [0.25, 0.3) is 0 Å². The van der Waals surface area contributed by atoms with Crippen LogP contribution in [0.1, 0.15) is 23.9 Å². The van der Waals surface area contributed by atoms with E-state index in [1.54, 1.807) is 23.5 Å². The van der Waals surface area contributed by atoms with Crippen LogP contribution in [0.15, 0.2) is 94.7 Å². The van der Waals surface area contributed by atoms with Crippen LogP contribution in [0.2, 0.25) is 0 Å². The minimum Gasteiger partial charge on any atom is -0.493 e. The summed E-state index contributed by atoms with van der Waals surface area (Å²) in [5.74, 6) is 0.750. The molecule has 0 aliphatic rings. The molecule has 0 bridgehead atoms. The van der Waals surface area contributed by atoms with Crippen molar-refractivity contribution in [2.75, 3.05) is 6.61 Å². The van der Waals surface area contributed by atoms with Gasteiger partial charge in [-0.25, -0.2) is 14.2 Å². The predicted molar refractivity (Wildman–Crippen MR) is 152 cm³/mol. The van der Waals surface area contributed by atoms with Crippen molar-refractivity contribution in [3.8, 4) is 33.4 Å². The van der Waals surface area contributed by atoms with Gasteiger partial charge >= 0.3 is 5.97 Å². The Morgan fingerprint density at radius 1 is 0.975 bits per heavy atom. The van der Waals surface area contributed by atoms with E-state index in [1.165, 1.54) is 36.1 Å². The van der Waals surface area contributed by atoms with Crippen LogP contribution in [0.5, 0.6) is 11.5 Å². The van der Waals surface area contributed by atoms with E-state index < -0.39 is 17.4 Å². The highest BCUT2D eigenvalue weighted by atomic mass is 32.1. The second-order valence-electron chi connectivity index (χ2n) is 9.59. The second-order valence-corrected chi connectivity index (χ2v) is 10.5. The zero-order valence-corrected chi connectivity index (χ0v) is 22.9. The number of thiophene rings is 1. The number of carboxylic acid groups (broad SMARTS) is 1. The molecule has 0 saturated carbocycles. The molecule has 1 atom stereocenters. The molecular formula is C32H28FNO5S. The zero-order chi connectivity index (χ0) is 28.1. The van der Waals surface area contributed by atoms with Crippen molar-refractivity contribution in [2.45, 2.75) is 32.3 Å². The van der Waals surface area contributed by atoms with Crippen molar-refractivity contribution in [3.63, 3.8) is 0 Å². The maximum Gasteiger partial charge on any atom is 0.348 e. The number of halogens is 1. The molecule has 6 nitrogen and oxygen atoms in total. The number of hydrogen-bond donors (Lipinski definition) is 1. The largest absolute Gasteiger partial charge is 0.493 e. The fourth-order valence-corrected chi connectivity index (χ4v) is 5.01. The second kappa shape index (κ2) is 11.8. The first-order valence-electron chi connectivity index (χ1n) is 12.8. The molecule has 0 aliphatic carbocycles. The van der Waals surface area contributed by atoms with Gasteiger partial charge < -0.3 is 19.0 Å². The molecule has 8 heteroatoms. The fourth-order valence-electron chi connectivity index (χ4n) is 4.28. The topological polar surface area (TPSA) is 81.8 Å². The summed E-state index contributed by atoms with van der Waals surface area (Å²) >= 11 is 1.70. The van der Waals surface area contributed by atoms with E-state index in [4.69, 9.17) is 13.9 Å². The van der Waals surface area contributed by atoms with Crippen molar-refractivity contribution in [3.05, 3.63) is 113 Å². The lowest BCUT2D eigenvalue weighted by Gasteiger charge is -2.26. The van der Waals surface area contributed by atoms with Gasteiger partial charge in [-0.1, -0.05) is 30.3 Å². The third-order valence-corrected chi connectivity index (χ3v) is 7.43. The monoisotopic (exact) mass is 557 g/mol. The normalized spacial score (nSPS) is 12.6. The molecule has 5 aromatic rings. The summed E-state index contributed by atoms with van der Waals surface area (Å²) in [5, 5.41) is 11.9. The number of carbonyl (C=O) groups is 1. The number of carboxylic acids is 1. The van der Waals surface area contributed by atoms with Gasteiger partial charge in [-0.05, 0) is 85.0 Å². The highest BCUT2D eigenvalue weighted by Gasteiger charge is 2.36. The van der Waals surface area contributed by atoms with Gasteiger partial charge in [0.05, 0.1) is 12.3 Å². The number of ether oxygens (including phenoxy) is 2. The number of aryl methyl sites for hydroxylation is 1. The average Bonchev–Trinajstić information content (AvgIpc) is 3.62. The molecule has 0 saturated heterocycles.